The Labute approximate surface area is 160 Å². The van der Waals surface area contributed by atoms with Gasteiger partial charge in [-0.25, -0.2) is 9.97 Å². The first-order valence-electron chi connectivity index (χ1n) is 9.72. The highest BCUT2D eigenvalue weighted by Crippen LogP contribution is 2.27. The molecule has 1 aliphatic heterocycles. The molecule has 0 bridgehead atoms. The maximum atomic E-state index is 4.97. The van der Waals surface area contributed by atoms with Gasteiger partial charge in [-0.3, -0.25) is 0 Å². The van der Waals surface area contributed by atoms with Gasteiger partial charge in [0.2, 0.25) is 5.95 Å². The number of piperazine rings is 1. The molecule has 1 saturated heterocycles. The van der Waals surface area contributed by atoms with Crippen LogP contribution in [0.2, 0.25) is 0 Å². The molecular weight excluding hydrogens is 336 g/mol. The van der Waals surface area contributed by atoms with Crippen LogP contribution in [-0.4, -0.2) is 54.2 Å². The number of aromatic nitrogens is 3. The Morgan fingerprint density at radius 2 is 1.56 bits per heavy atom. The highest BCUT2D eigenvalue weighted by atomic mass is 15.3. The van der Waals surface area contributed by atoms with Crippen molar-refractivity contribution in [2.45, 2.75) is 13.8 Å². The van der Waals surface area contributed by atoms with Crippen LogP contribution in [0, 0.1) is 0 Å². The van der Waals surface area contributed by atoms with Crippen molar-refractivity contribution >= 4 is 28.5 Å². The molecule has 3 aromatic rings. The van der Waals surface area contributed by atoms with E-state index < -0.39 is 0 Å². The van der Waals surface area contributed by atoms with Gasteiger partial charge in [-0.15, -0.1) is 0 Å². The monoisotopic (exact) mass is 362 g/mol. The summed E-state index contributed by atoms with van der Waals surface area (Å²) >= 11 is 0. The van der Waals surface area contributed by atoms with Gasteiger partial charge in [-0.2, -0.15) is 4.98 Å². The van der Waals surface area contributed by atoms with Gasteiger partial charge in [-0.05, 0) is 38.1 Å². The van der Waals surface area contributed by atoms with Gasteiger partial charge in [0.15, 0.2) is 0 Å². The van der Waals surface area contributed by atoms with Crippen LogP contribution in [0.5, 0.6) is 0 Å². The second-order valence-electron chi connectivity index (χ2n) is 6.70. The Morgan fingerprint density at radius 1 is 0.852 bits per heavy atom. The summed E-state index contributed by atoms with van der Waals surface area (Å²) in [6.45, 7) is 9.85. The molecule has 1 aromatic carbocycles. The molecule has 4 rings (SSSR count). The van der Waals surface area contributed by atoms with E-state index in [1.165, 1.54) is 0 Å². The summed E-state index contributed by atoms with van der Waals surface area (Å²) in [5, 5.41) is 1.12. The second-order valence-corrected chi connectivity index (χ2v) is 6.70. The molecule has 0 aliphatic carbocycles. The molecule has 1 fully saturated rings. The third kappa shape index (κ3) is 3.52. The van der Waals surface area contributed by atoms with Crippen molar-refractivity contribution in [1.29, 1.82) is 0 Å². The molecule has 0 N–H and O–H groups in total. The molecule has 140 valence electrons. The van der Waals surface area contributed by atoms with Gasteiger partial charge >= 0.3 is 0 Å². The lowest BCUT2D eigenvalue weighted by Crippen LogP contribution is -2.47. The topological polar surface area (TPSA) is 48.4 Å². The van der Waals surface area contributed by atoms with E-state index in [9.17, 15) is 0 Å². The average molecular weight is 362 g/mol. The Balaban J connectivity index is 1.61. The predicted molar refractivity (Wildman–Crippen MR) is 112 cm³/mol. The Kier molecular flexibility index (Phi) is 5.05. The van der Waals surface area contributed by atoms with Crippen LogP contribution in [0.15, 0.2) is 48.7 Å². The largest absolute Gasteiger partial charge is 0.356 e. The lowest BCUT2D eigenvalue weighted by molar-refractivity contribution is 0.635. The third-order valence-corrected chi connectivity index (χ3v) is 5.17. The summed E-state index contributed by atoms with van der Waals surface area (Å²) in [6.07, 6.45) is 1.85. The van der Waals surface area contributed by atoms with E-state index in [-0.39, 0.29) is 0 Å². The summed E-state index contributed by atoms with van der Waals surface area (Å²) < 4.78 is 0. The van der Waals surface area contributed by atoms with E-state index in [2.05, 4.69) is 57.8 Å². The zero-order valence-electron chi connectivity index (χ0n) is 16.0. The first-order valence-corrected chi connectivity index (χ1v) is 9.72. The maximum Gasteiger partial charge on any atom is 0.228 e. The Bertz CT molecular complexity index is 886. The molecule has 0 saturated carbocycles. The Morgan fingerprint density at radius 3 is 2.26 bits per heavy atom. The van der Waals surface area contributed by atoms with Crippen LogP contribution in [-0.2, 0) is 0 Å². The molecule has 0 atom stereocenters. The minimum Gasteiger partial charge on any atom is -0.356 e. The van der Waals surface area contributed by atoms with Gasteiger partial charge in [0.05, 0.1) is 5.52 Å². The molecule has 1 aliphatic rings. The average Bonchev–Trinajstić information content (AvgIpc) is 2.75. The van der Waals surface area contributed by atoms with E-state index in [0.717, 1.165) is 67.8 Å². The number of rotatable bonds is 5. The number of pyridine rings is 1. The zero-order chi connectivity index (χ0) is 18.6. The normalized spacial score (nSPS) is 14.6. The predicted octanol–water partition coefficient (Wildman–Crippen LogP) is 3.20. The fourth-order valence-electron chi connectivity index (χ4n) is 3.63. The van der Waals surface area contributed by atoms with Crippen molar-refractivity contribution in [1.82, 2.24) is 15.0 Å². The molecule has 0 radical (unpaired) electrons. The maximum absolute atomic E-state index is 4.97. The summed E-state index contributed by atoms with van der Waals surface area (Å²) in [6, 6.07) is 14.4. The number of para-hydroxylation sites is 1. The van der Waals surface area contributed by atoms with Crippen molar-refractivity contribution in [3.63, 3.8) is 0 Å². The first-order chi connectivity index (χ1) is 13.3. The van der Waals surface area contributed by atoms with E-state index in [1.54, 1.807) is 0 Å². The van der Waals surface area contributed by atoms with Crippen LogP contribution in [0.25, 0.3) is 10.9 Å². The minimum atomic E-state index is 0.830. The fourth-order valence-corrected chi connectivity index (χ4v) is 3.63. The smallest absolute Gasteiger partial charge is 0.228 e. The minimum absolute atomic E-state index is 0.830. The van der Waals surface area contributed by atoms with Gasteiger partial charge in [0, 0.05) is 50.9 Å². The molecule has 6 nitrogen and oxygen atoms in total. The molecule has 2 aromatic heterocycles. The van der Waals surface area contributed by atoms with E-state index in [4.69, 9.17) is 9.97 Å². The third-order valence-electron chi connectivity index (χ3n) is 5.17. The van der Waals surface area contributed by atoms with Crippen molar-refractivity contribution in [3.05, 3.63) is 48.7 Å². The molecule has 0 amide bonds. The molecule has 0 spiro atoms. The number of fused-ring (bicyclic) bond motifs is 1. The van der Waals surface area contributed by atoms with E-state index >= 15 is 0 Å². The van der Waals surface area contributed by atoms with Crippen LogP contribution >= 0.6 is 0 Å². The van der Waals surface area contributed by atoms with E-state index in [0.29, 0.717) is 0 Å². The number of hydrogen-bond donors (Lipinski definition) is 0. The number of anilines is 3. The van der Waals surface area contributed by atoms with Gasteiger partial charge in [0.25, 0.3) is 0 Å². The standard InChI is InChI=1S/C21H26N6/c1-3-25(4-2)20-17-9-5-6-10-18(17)23-21(24-20)27-15-13-26(14-16-27)19-11-7-8-12-22-19/h5-12H,3-4,13-16H2,1-2H3. The number of hydrogen-bond acceptors (Lipinski definition) is 6. The van der Waals surface area contributed by atoms with Crippen LogP contribution in [0.4, 0.5) is 17.6 Å². The van der Waals surface area contributed by atoms with Gasteiger partial charge in [0.1, 0.15) is 11.6 Å². The highest BCUT2D eigenvalue weighted by molar-refractivity contribution is 5.90. The second kappa shape index (κ2) is 7.78. The van der Waals surface area contributed by atoms with Crippen LogP contribution < -0.4 is 14.7 Å². The summed E-state index contributed by atoms with van der Waals surface area (Å²) in [5.41, 5.74) is 1.01. The molecule has 6 heteroatoms. The van der Waals surface area contributed by atoms with Gasteiger partial charge < -0.3 is 14.7 Å². The highest BCUT2D eigenvalue weighted by Gasteiger charge is 2.22. The Hall–Kier alpha value is -2.89. The van der Waals surface area contributed by atoms with Crippen molar-refractivity contribution in [2.24, 2.45) is 0 Å². The van der Waals surface area contributed by atoms with Crippen molar-refractivity contribution in [3.8, 4) is 0 Å². The molecular formula is C21H26N6. The molecule has 27 heavy (non-hydrogen) atoms. The summed E-state index contributed by atoms with van der Waals surface area (Å²) in [4.78, 5) is 21.2. The lowest BCUT2D eigenvalue weighted by atomic mass is 10.2. The number of nitrogens with zero attached hydrogens (tertiary/aromatic N) is 6. The van der Waals surface area contributed by atoms with Crippen molar-refractivity contribution in [2.75, 3.05) is 54.0 Å². The van der Waals surface area contributed by atoms with E-state index in [1.807, 2.05) is 24.4 Å². The summed E-state index contributed by atoms with van der Waals surface area (Å²) in [5.74, 6) is 2.91. The first kappa shape index (κ1) is 17.5. The van der Waals surface area contributed by atoms with Crippen LogP contribution in [0.1, 0.15) is 13.8 Å². The fraction of sp³-hybridized carbons (Fsp3) is 0.381. The lowest BCUT2D eigenvalue weighted by Gasteiger charge is -2.36. The quantitative estimate of drug-likeness (QED) is 0.695. The van der Waals surface area contributed by atoms with Crippen molar-refractivity contribution < 1.29 is 0 Å². The van der Waals surface area contributed by atoms with Crippen LogP contribution in [0.3, 0.4) is 0 Å². The molecule has 3 heterocycles. The zero-order valence-corrected chi connectivity index (χ0v) is 16.0. The number of benzene rings is 1. The summed E-state index contributed by atoms with van der Waals surface area (Å²) in [7, 11) is 0. The van der Waals surface area contributed by atoms with Gasteiger partial charge in [-0.1, -0.05) is 18.2 Å². The molecule has 0 unspecified atom stereocenters. The SMILES string of the molecule is CCN(CC)c1nc(N2CCN(c3ccccn3)CC2)nc2ccccc12.